The fourth-order valence-corrected chi connectivity index (χ4v) is 5.55. The Hall–Kier alpha value is -3.51. The summed E-state index contributed by atoms with van der Waals surface area (Å²) >= 11 is 0. The number of hydrogen-bond donors (Lipinski definition) is 2. The number of carbonyl (C=O) groups excluding carboxylic acids is 2. The van der Waals surface area contributed by atoms with Gasteiger partial charge in [-0.2, -0.15) is 0 Å². The first-order valence-corrected chi connectivity index (χ1v) is 14.1. The Morgan fingerprint density at radius 1 is 1.03 bits per heavy atom. The normalized spacial score (nSPS) is 16.6. The van der Waals surface area contributed by atoms with Crippen molar-refractivity contribution in [3.63, 3.8) is 0 Å². The highest BCUT2D eigenvalue weighted by molar-refractivity contribution is 7.92. The molecule has 2 saturated heterocycles. The maximum atomic E-state index is 13.2. The summed E-state index contributed by atoms with van der Waals surface area (Å²) in [7, 11) is -2.42. The van der Waals surface area contributed by atoms with E-state index < -0.39 is 10.0 Å². The summed E-state index contributed by atoms with van der Waals surface area (Å²) in [6, 6.07) is 11.0. The molecule has 0 unspecified atom stereocenters. The van der Waals surface area contributed by atoms with Crippen LogP contribution in [0.15, 0.2) is 47.4 Å². The Morgan fingerprint density at radius 3 is 2.34 bits per heavy atom. The van der Waals surface area contributed by atoms with Crippen molar-refractivity contribution in [1.82, 2.24) is 10.2 Å². The molecule has 2 aliphatic heterocycles. The van der Waals surface area contributed by atoms with Crippen molar-refractivity contribution in [3.8, 4) is 5.75 Å². The highest BCUT2D eigenvalue weighted by Crippen LogP contribution is 2.31. The van der Waals surface area contributed by atoms with Crippen molar-refractivity contribution in [2.45, 2.75) is 30.7 Å². The molecule has 0 aliphatic carbocycles. The predicted molar refractivity (Wildman–Crippen MR) is 142 cm³/mol. The zero-order chi connectivity index (χ0) is 27.1. The number of rotatable bonds is 8. The number of hydrogen-bond acceptors (Lipinski definition) is 8. The van der Waals surface area contributed by atoms with Crippen LogP contribution in [0.2, 0.25) is 0 Å². The van der Waals surface area contributed by atoms with Crippen molar-refractivity contribution in [1.29, 1.82) is 0 Å². The zero-order valence-corrected chi connectivity index (χ0v) is 22.5. The molecule has 2 N–H and O–H groups in total. The van der Waals surface area contributed by atoms with E-state index in [1.807, 2.05) is 4.90 Å². The van der Waals surface area contributed by atoms with Crippen LogP contribution in [-0.2, 0) is 19.5 Å². The number of ether oxygens (including phenoxy) is 3. The van der Waals surface area contributed by atoms with Crippen molar-refractivity contribution in [2.75, 3.05) is 62.7 Å². The van der Waals surface area contributed by atoms with Gasteiger partial charge in [0.05, 0.1) is 43.2 Å². The maximum absolute atomic E-state index is 13.2. The Kier molecular flexibility index (Phi) is 8.95. The molecule has 11 nitrogen and oxygen atoms in total. The molecular formula is C26H34N4O7S. The van der Waals surface area contributed by atoms with Gasteiger partial charge >= 0.3 is 6.09 Å². The number of morpholine rings is 1. The Bertz CT molecular complexity index is 1220. The van der Waals surface area contributed by atoms with Gasteiger partial charge in [-0.05, 0) is 62.2 Å². The van der Waals surface area contributed by atoms with Crippen LogP contribution in [0.5, 0.6) is 5.75 Å². The molecule has 2 aromatic carbocycles. The third-order valence-corrected chi connectivity index (χ3v) is 7.96. The molecule has 2 aromatic rings. The number of sulfonamides is 1. The second-order valence-corrected chi connectivity index (χ2v) is 10.7. The summed E-state index contributed by atoms with van der Waals surface area (Å²) in [5, 5.41) is 3.02. The van der Waals surface area contributed by atoms with Gasteiger partial charge in [0.2, 0.25) is 0 Å². The highest BCUT2D eigenvalue weighted by atomic mass is 32.2. The molecule has 38 heavy (non-hydrogen) atoms. The standard InChI is InChI=1S/C26H34N4O7S/c1-3-37-26(32)30-12-10-20(11-13-30)27-25(31)19-4-9-24(29-14-16-36-17-15-29)23(18-19)28-38(33,34)22-7-5-21(35-2)6-8-22/h4-9,18,20,28H,3,10-17H2,1-2H3,(H,27,31). The molecule has 0 bridgehead atoms. The minimum absolute atomic E-state index is 0.0782. The lowest BCUT2D eigenvalue weighted by Crippen LogP contribution is -2.46. The average Bonchev–Trinajstić information content (AvgIpc) is 2.94. The number of likely N-dealkylation sites (tertiary alicyclic amines) is 1. The van der Waals surface area contributed by atoms with Gasteiger partial charge in [-0.3, -0.25) is 9.52 Å². The van der Waals surface area contributed by atoms with E-state index in [9.17, 15) is 18.0 Å². The number of amides is 2. The third kappa shape index (κ3) is 6.67. The van der Waals surface area contributed by atoms with Gasteiger partial charge in [0.1, 0.15) is 5.75 Å². The van der Waals surface area contributed by atoms with E-state index in [2.05, 4.69) is 10.0 Å². The Labute approximate surface area is 223 Å². The van der Waals surface area contributed by atoms with Crippen LogP contribution < -0.4 is 19.7 Å². The molecular weight excluding hydrogens is 512 g/mol. The smallest absolute Gasteiger partial charge is 0.409 e. The summed E-state index contributed by atoms with van der Waals surface area (Å²) < 4.78 is 44.8. The van der Waals surface area contributed by atoms with Gasteiger partial charge in [0, 0.05) is 37.8 Å². The summed E-state index contributed by atoms with van der Waals surface area (Å²) in [6.45, 7) is 5.32. The number of carbonyl (C=O) groups is 2. The van der Waals surface area contributed by atoms with Crippen LogP contribution >= 0.6 is 0 Å². The van der Waals surface area contributed by atoms with Gasteiger partial charge in [0.25, 0.3) is 15.9 Å². The Morgan fingerprint density at radius 2 is 1.71 bits per heavy atom. The topological polar surface area (TPSA) is 127 Å². The van der Waals surface area contributed by atoms with Gasteiger partial charge in [-0.1, -0.05) is 0 Å². The number of nitrogens with zero attached hydrogens (tertiary/aromatic N) is 2. The third-order valence-electron chi connectivity index (χ3n) is 6.58. The van der Waals surface area contributed by atoms with Gasteiger partial charge < -0.3 is 29.3 Å². The van der Waals surface area contributed by atoms with Gasteiger partial charge in [-0.15, -0.1) is 0 Å². The molecule has 0 radical (unpaired) electrons. The second kappa shape index (κ2) is 12.4. The molecule has 2 heterocycles. The first-order valence-electron chi connectivity index (χ1n) is 12.7. The fraction of sp³-hybridized carbons (Fsp3) is 0.462. The van der Waals surface area contributed by atoms with Crippen LogP contribution in [0.4, 0.5) is 16.2 Å². The van der Waals surface area contributed by atoms with Gasteiger partial charge in [-0.25, -0.2) is 13.2 Å². The van der Waals surface area contributed by atoms with Crippen LogP contribution in [-0.4, -0.2) is 84.5 Å². The number of methoxy groups -OCH3 is 1. The average molecular weight is 547 g/mol. The molecule has 206 valence electrons. The largest absolute Gasteiger partial charge is 0.497 e. The van der Waals surface area contributed by atoms with Crippen molar-refractivity contribution >= 4 is 33.4 Å². The van der Waals surface area contributed by atoms with E-state index in [0.717, 1.165) is 0 Å². The second-order valence-electron chi connectivity index (χ2n) is 9.05. The summed E-state index contributed by atoms with van der Waals surface area (Å²) in [5.74, 6) is 0.239. The maximum Gasteiger partial charge on any atom is 0.409 e. The van der Waals surface area contributed by atoms with Gasteiger partial charge in [0.15, 0.2) is 0 Å². The first kappa shape index (κ1) is 27.5. The minimum Gasteiger partial charge on any atom is -0.497 e. The molecule has 0 aromatic heterocycles. The van der Waals surface area contributed by atoms with Crippen LogP contribution in [0.1, 0.15) is 30.1 Å². The number of piperidine rings is 1. The quantitative estimate of drug-likeness (QED) is 0.518. The molecule has 0 atom stereocenters. The minimum atomic E-state index is -3.93. The summed E-state index contributed by atoms with van der Waals surface area (Å²) in [5.41, 5.74) is 1.32. The van der Waals surface area contributed by atoms with Crippen LogP contribution in [0, 0.1) is 0 Å². The lowest BCUT2D eigenvalue weighted by molar-refractivity contribution is 0.0860. The molecule has 12 heteroatoms. The number of anilines is 2. The van der Waals surface area contributed by atoms with Crippen molar-refractivity contribution < 1.29 is 32.2 Å². The molecule has 0 saturated carbocycles. The predicted octanol–water partition coefficient (Wildman–Crippen LogP) is 2.68. The van der Waals surface area contributed by atoms with Crippen molar-refractivity contribution in [2.24, 2.45) is 0 Å². The van der Waals surface area contributed by atoms with E-state index in [0.29, 0.717) is 81.5 Å². The number of benzene rings is 2. The van der Waals surface area contributed by atoms with E-state index in [1.165, 1.54) is 19.2 Å². The lowest BCUT2D eigenvalue weighted by atomic mass is 10.0. The fourth-order valence-electron chi connectivity index (χ4n) is 4.49. The monoisotopic (exact) mass is 546 g/mol. The van der Waals surface area contributed by atoms with Crippen LogP contribution in [0.25, 0.3) is 0 Å². The first-order chi connectivity index (χ1) is 18.3. The van der Waals surface area contributed by atoms with Crippen LogP contribution in [0.3, 0.4) is 0 Å². The molecule has 0 spiro atoms. The van der Waals surface area contributed by atoms with E-state index in [4.69, 9.17) is 14.2 Å². The summed E-state index contributed by atoms with van der Waals surface area (Å²) in [4.78, 5) is 28.8. The highest BCUT2D eigenvalue weighted by Gasteiger charge is 2.26. The van der Waals surface area contributed by atoms with E-state index in [-0.39, 0.29) is 22.9 Å². The molecule has 2 amide bonds. The molecule has 4 rings (SSSR count). The lowest BCUT2D eigenvalue weighted by Gasteiger charge is -2.32. The summed E-state index contributed by atoms with van der Waals surface area (Å²) in [6.07, 6.45) is 0.866. The van der Waals surface area contributed by atoms with E-state index in [1.54, 1.807) is 42.2 Å². The zero-order valence-electron chi connectivity index (χ0n) is 21.6. The Balaban J connectivity index is 1.52. The SMILES string of the molecule is CCOC(=O)N1CCC(NC(=O)c2ccc(N3CCOCC3)c(NS(=O)(=O)c3ccc(OC)cc3)c2)CC1. The molecule has 2 aliphatic rings. The number of nitrogens with one attached hydrogen (secondary N) is 2. The van der Waals surface area contributed by atoms with E-state index >= 15 is 0 Å². The van der Waals surface area contributed by atoms with Crippen molar-refractivity contribution in [3.05, 3.63) is 48.0 Å². The molecule has 2 fully saturated rings.